The lowest BCUT2D eigenvalue weighted by Gasteiger charge is -2.44. The molecule has 0 bridgehead atoms. The van der Waals surface area contributed by atoms with Crippen molar-refractivity contribution in [3.63, 3.8) is 0 Å². The van der Waals surface area contributed by atoms with E-state index in [1.807, 2.05) is 21.9 Å². The molecule has 3 atom stereocenters. The molecular formula is C28H35N3O5. The summed E-state index contributed by atoms with van der Waals surface area (Å²) in [6.07, 6.45) is 2.59. The summed E-state index contributed by atoms with van der Waals surface area (Å²) in [5, 5.41) is 2.99. The van der Waals surface area contributed by atoms with Crippen molar-refractivity contribution in [2.24, 2.45) is 5.92 Å². The van der Waals surface area contributed by atoms with Crippen LogP contribution < -0.4 is 14.8 Å². The van der Waals surface area contributed by atoms with Crippen LogP contribution in [0.4, 0.5) is 4.79 Å². The first kappa shape index (κ1) is 24.4. The van der Waals surface area contributed by atoms with Crippen LogP contribution in [0.3, 0.4) is 0 Å². The number of likely N-dealkylation sites (tertiary alicyclic amines) is 2. The Balaban J connectivity index is 1.28. The van der Waals surface area contributed by atoms with E-state index in [9.17, 15) is 9.59 Å². The molecule has 2 aromatic rings. The smallest absolute Gasteiger partial charge is 0.320 e. The van der Waals surface area contributed by atoms with E-state index in [4.69, 9.17) is 14.2 Å². The van der Waals surface area contributed by atoms with Crippen molar-refractivity contribution in [1.82, 2.24) is 15.1 Å². The zero-order valence-electron chi connectivity index (χ0n) is 21.0. The molecular weight excluding hydrogens is 458 g/mol. The Morgan fingerprint density at radius 2 is 1.67 bits per heavy atom. The van der Waals surface area contributed by atoms with Gasteiger partial charge in [0.05, 0.1) is 26.4 Å². The van der Waals surface area contributed by atoms with Crippen LogP contribution in [0.25, 0.3) is 0 Å². The molecule has 5 rings (SSSR count). The molecule has 8 heteroatoms. The Bertz CT molecular complexity index is 1070. The minimum absolute atomic E-state index is 0.00519. The standard InChI is InChI=1S/C28H35N3O5/c1-34-24-9-8-21(16-25(24)35-2)27(19-6-4-3-5-7-19)20-10-13-30(14-11-20)28(33)31-15-12-23-22(17-31)29-26(32)18-36-23/h3-9,16,20,22-23,27H,10-15,17-18H2,1-2H3,(H,29,32)/t22-,23?,27+/m1/s1. The highest BCUT2D eigenvalue weighted by atomic mass is 16.5. The maximum absolute atomic E-state index is 13.3. The summed E-state index contributed by atoms with van der Waals surface area (Å²) in [4.78, 5) is 28.9. The van der Waals surface area contributed by atoms with Gasteiger partial charge in [-0.25, -0.2) is 4.79 Å². The van der Waals surface area contributed by atoms with Gasteiger partial charge in [-0.05, 0) is 48.4 Å². The quantitative estimate of drug-likeness (QED) is 0.692. The molecule has 3 aliphatic rings. The fourth-order valence-corrected chi connectivity index (χ4v) is 5.94. The average molecular weight is 494 g/mol. The monoisotopic (exact) mass is 493 g/mol. The number of amides is 3. The molecule has 1 unspecified atom stereocenters. The van der Waals surface area contributed by atoms with Crippen LogP contribution >= 0.6 is 0 Å². The summed E-state index contributed by atoms with van der Waals surface area (Å²) < 4.78 is 16.7. The van der Waals surface area contributed by atoms with Crippen molar-refractivity contribution < 1.29 is 23.8 Å². The number of methoxy groups -OCH3 is 2. The summed E-state index contributed by atoms with van der Waals surface area (Å²) >= 11 is 0. The first-order chi connectivity index (χ1) is 17.6. The lowest BCUT2D eigenvalue weighted by molar-refractivity contribution is -0.139. The second kappa shape index (κ2) is 10.8. The molecule has 3 aliphatic heterocycles. The van der Waals surface area contributed by atoms with Gasteiger partial charge in [-0.15, -0.1) is 0 Å². The van der Waals surface area contributed by atoms with Crippen molar-refractivity contribution in [3.8, 4) is 11.5 Å². The number of morpholine rings is 1. The average Bonchev–Trinajstić information content (AvgIpc) is 2.93. The van der Waals surface area contributed by atoms with Crippen LogP contribution in [0.5, 0.6) is 11.5 Å². The van der Waals surface area contributed by atoms with Crippen molar-refractivity contribution in [2.45, 2.75) is 37.3 Å². The molecule has 0 spiro atoms. The first-order valence-electron chi connectivity index (χ1n) is 12.8. The first-order valence-corrected chi connectivity index (χ1v) is 12.8. The van der Waals surface area contributed by atoms with E-state index in [0.29, 0.717) is 32.1 Å². The molecule has 3 heterocycles. The molecule has 0 aliphatic carbocycles. The Hall–Kier alpha value is -3.26. The van der Waals surface area contributed by atoms with Crippen LogP contribution in [-0.2, 0) is 9.53 Å². The van der Waals surface area contributed by atoms with Gasteiger partial charge < -0.3 is 29.3 Å². The highest BCUT2D eigenvalue weighted by Gasteiger charge is 2.38. The highest BCUT2D eigenvalue weighted by molar-refractivity contribution is 5.79. The third-order valence-corrected chi connectivity index (χ3v) is 7.80. The molecule has 1 N–H and O–H groups in total. The van der Waals surface area contributed by atoms with Gasteiger partial charge in [-0.1, -0.05) is 36.4 Å². The van der Waals surface area contributed by atoms with Crippen LogP contribution in [0.15, 0.2) is 48.5 Å². The number of carbonyl (C=O) groups excluding carboxylic acids is 2. The molecule has 3 fully saturated rings. The number of nitrogens with one attached hydrogen (secondary N) is 1. The number of urea groups is 1. The predicted molar refractivity (Wildman–Crippen MR) is 135 cm³/mol. The van der Waals surface area contributed by atoms with Gasteiger partial charge >= 0.3 is 6.03 Å². The largest absolute Gasteiger partial charge is 0.493 e. The van der Waals surface area contributed by atoms with E-state index in [1.165, 1.54) is 11.1 Å². The highest BCUT2D eigenvalue weighted by Crippen LogP contribution is 2.41. The third-order valence-electron chi connectivity index (χ3n) is 7.80. The van der Waals surface area contributed by atoms with E-state index in [-0.39, 0.29) is 36.6 Å². The van der Waals surface area contributed by atoms with Crippen LogP contribution in [-0.4, -0.2) is 80.9 Å². The van der Waals surface area contributed by atoms with Gasteiger partial charge in [-0.2, -0.15) is 0 Å². The van der Waals surface area contributed by atoms with Crippen LogP contribution in [0.2, 0.25) is 0 Å². The third kappa shape index (κ3) is 5.00. The number of hydrogen-bond donors (Lipinski definition) is 1. The van der Waals surface area contributed by atoms with Crippen molar-refractivity contribution in [3.05, 3.63) is 59.7 Å². The molecule has 3 saturated heterocycles. The summed E-state index contributed by atoms with van der Waals surface area (Å²) in [5.74, 6) is 1.94. The summed E-state index contributed by atoms with van der Waals surface area (Å²) in [6.45, 7) is 2.72. The molecule has 0 radical (unpaired) electrons. The number of rotatable bonds is 5. The van der Waals surface area contributed by atoms with Gasteiger partial charge in [0, 0.05) is 32.1 Å². The number of ether oxygens (including phenoxy) is 3. The van der Waals surface area contributed by atoms with Gasteiger partial charge in [0.25, 0.3) is 0 Å². The number of fused-ring (bicyclic) bond motifs is 1. The molecule has 0 aromatic heterocycles. The number of hydrogen-bond acceptors (Lipinski definition) is 5. The maximum Gasteiger partial charge on any atom is 0.320 e. The van der Waals surface area contributed by atoms with E-state index in [1.54, 1.807) is 14.2 Å². The topological polar surface area (TPSA) is 80.3 Å². The number of benzene rings is 2. The maximum atomic E-state index is 13.3. The zero-order valence-corrected chi connectivity index (χ0v) is 21.0. The number of carbonyl (C=O) groups is 2. The normalized spacial score (nSPS) is 23.4. The molecule has 36 heavy (non-hydrogen) atoms. The van der Waals surface area contributed by atoms with Crippen molar-refractivity contribution in [1.29, 1.82) is 0 Å². The summed E-state index contributed by atoms with van der Waals surface area (Å²) in [5.41, 5.74) is 2.46. The molecule has 2 aromatic carbocycles. The van der Waals surface area contributed by atoms with E-state index >= 15 is 0 Å². The molecule has 192 valence electrons. The fourth-order valence-electron chi connectivity index (χ4n) is 5.94. The Morgan fingerprint density at radius 1 is 0.944 bits per heavy atom. The Morgan fingerprint density at radius 3 is 2.39 bits per heavy atom. The van der Waals surface area contributed by atoms with Crippen molar-refractivity contribution >= 4 is 11.9 Å². The van der Waals surface area contributed by atoms with Gasteiger partial charge in [0.2, 0.25) is 5.91 Å². The predicted octanol–water partition coefficient (Wildman–Crippen LogP) is 3.26. The molecule has 3 amide bonds. The minimum atomic E-state index is -0.117. The van der Waals surface area contributed by atoms with Gasteiger partial charge in [0.15, 0.2) is 11.5 Å². The number of nitrogens with zero attached hydrogens (tertiary/aromatic N) is 2. The lowest BCUT2D eigenvalue weighted by Crippen LogP contribution is -2.62. The summed E-state index contributed by atoms with van der Waals surface area (Å²) in [7, 11) is 3.31. The van der Waals surface area contributed by atoms with Gasteiger partial charge in [-0.3, -0.25) is 4.79 Å². The van der Waals surface area contributed by atoms with Crippen molar-refractivity contribution in [2.75, 3.05) is 47.0 Å². The number of piperidine rings is 2. The molecule has 0 saturated carbocycles. The minimum Gasteiger partial charge on any atom is -0.493 e. The zero-order chi connectivity index (χ0) is 25.1. The lowest BCUT2D eigenvalue weighted by atomic mass is 9.76. The van der Waals surface area contributed by atoms with Gasteiger partial charge in [0.1, 0.15) is 6.61 Å². The summed E-state index contributed by atoms with van der Waals surface area (Å²) in [6, 6.07) is 16.7. The Labute approximate surface area is 212 Å². The van der Waals surface area contributed by atoms with E-state index in [0.717, 1.165) is 30.8 Å². The van der Waals surface area contributed by atoms with E-state index < -0.39 is 0 Å². The molecule has 8 nitrogen and oxygen atoms in total. The SMILES string of the molecule is COc1ccc([C@@H](c2ccccc2)C2CCN(C(=O)N3CCC4OCC(=O)N[C@@H]4C3)CC2)cc1OC. The second-order valence-electron chi connectivity index (χ2n) is 9.87. The van der Waals surface area contributed by atoms with Crippen LogP contribution in [0.1, 0.15) is 36.3 Å². The second-order valence-corrected chi connectivity index (χ2v) is 9.87. The van der Waals surface area contributed by atoms with Crippen LogP contribution in [0, 0.1) is 5.92 Å². The van der Waals surface area contributed by atoms with E-state index in [2.05, 4.69) is 41.7 Å². The Kier molecular flexibility index (Phi) is 7.32. The fraction of sp³-hybridized carbons (Fsp3) is 0.500.